The van der Waals surface area contributed by atoms with Gasteiger partial charge in [0.2, 0.25) is 17.7 Å². The number of benzene rings is 2. The molecule has 8 rings (SSSR count). The van der Waals surface area contributed by atoms with Crippen molar-refractivity contribution in [2.24, 2.45) is 11.3 Å². The fourth-order valence-electron chi connectivity index (χ4n) is 9.48. The smallest absolute Gasteiger partial charge is 0.411 e. The molecule has 3 aromatic heterocycles. The van der Waals surface area contributed by atoms with E-state index in [0.717, 1.165) is 118 Å². The summed E-state index contributed by atoms with van der Waals surface area (Å²) in [5.41, 5.74) is 8.30. The number of carbonyl (C=O) groups is 4. The number of anilines is 2. The first-order valence-corrected chi connectivity index (χ1v) is 25.7. The molecule has 1 saturated carbocycles. The number of aryl methyl sites for hydroxylation is 2. The topological polar surface area (TPSA) is 191 Å². The van der Waals surface area contributed by atoms with Crippen LogP contribution >= 0.6 is 22.7 Å². The number of nitrogens with zero attached hydrogens (tertiary/aromatic N) is 5. The molecule has 0 spiro atoms. The van der Waals surface area contributed by atoms with E-state index in [2.05, 4.69) is 42.2 Å². The summed E-state index contributed by atoms with van der Waals surface area (Å²) in [5.74, 6) is -0.438. The number of thiazole rings is 2. The van der Waals surface area contributed by atoms with Gasteiger partial charge in [0.05, 0.1) is 50.3 Å². The monoisotopic (exact) mass is 963 g/mol. The first kappa shape index (κ1) is 48.9. The van der Waals surface area contributed by atoms with Gasteiger partial charge in [0.15, 0.2) is 5.13 Å². The molecule has 2 aliphatic heterocycles. The maximum atomic E-state index is 14.2. The van der Waals surface area contributed by atoms with Crippen molar-refractivity contribution in [3.05, 3.63) is 77.2 Å². The molecule has 68 heavy (non-hydrogen) atoms. The van der Waals surface area contributed by atoms with Crippen LogP contribution < -0.4 is 21.3 Å². The van der Waals surface area contributed by atoms with Crippen molar-refractivity contribution in [1.29, 1.82) is 0 Å². The Morgan fingerprint density at radius 3 is 2.38 bits per heavy atom. The van der Waals surface area contributed by atoms with Gasteiger partial charge in [-0.05, 0) is 118 Å². The number of β-amino-alcohol motifs (C(OH)–C–C–N with tert-alkyl or cyclic N) is 1. The third kappa shape index (κ3) is 12.4. The zero-order valence-corrected chi connectivity index (χ0v) is 41.4. The summed E-state index contributed by atoms with van der Waals surface area (Å²) in [6, 6.07) is 14.3. The number of rotatable bonds is 15. The van der Waals surface area contributed by atoms with Crippen molar-refractivity contribution in [2.75, 3.05) is 43.4 Å². The number of piperidine rings is 1. The summed E-state index contributed by atoms with van der Waals surface area (Å²) in [4.78, 5) is 72.4. The van der Waals surface area contributed by atoms with Crippen LogP contribution in [0.25, 0.3) is 31.8 Å². The molecule has 5 heterocycles. The Hall–Kier alpha value is -5.49. The number of nitrogens with one attached hydrogen (secondary N) is 4. The van der Waals surface area contributed by atoms with E-state index in [-0.39, 0.29) is 49.9 Å². The highest BCUT2D eigenvalue weighted by Crippen LogP contribution is 2.33. The SMILES string of the molecule is Cc1ncc(-c2ccc3nc(NCCC4CCN(CC(=O)N[C@H](C(=O)N5C[C@H](O)C[C@H]5C(=O)NCc5ccc(-c6scnc6C)cc5)C(C)(C)C)CC4)sc3c2)cc1NC(=O)OC1CCCCC1. The number of hydrogen-bond donors (Lipinski definition) is 5. The van der Waals surface area contributed by atoms with Gasteiger partial charge in [0, 0.05) is 37.8 Å². The molecule has 0 radical (unpaired) electrons. The summed E-state index contributed by atoms with van der Waals surface area (Å²) < 4.78 is 6.74. The molecule has 17 heteroatoms. The minimum Gasteiger partial charge on any atom is -0.446 e. The number of amides is 4. The number of hydrogen-bond acceptors (Lipinski definition) is 13. The molecule has 4 amide bonds. The number of likely N-dealkylation sites (tertiary alicyclic amines) is 2. The van der Waals surface area contributed by atoms with Gasteiger partial charge >= 0.3 is 6.09 Å². The summed E-state index contributed by atoms with van der Waals surface area (Å²) in [7, 11) is 0. The van der Waals surface area contributed by atoms with Gasteiger partial charge in [0.1, 0.15) is 18.2 Å². The first-order valence-electron chi connectivity index (χ1n) is 24.0. The number of aromatic nitrogens is 3. The van der Waals surface area contributed by atoms with Gasteiger partial charge in [0.25, 0.3) is 0 Å². The second-order valence-electron chi connectivity index (χ2n) is 19.7. The van der Waals surface area contributed by atoms with E-state index >= 15 is 0 Å². The molecule has 0 unspecified atom stereocenters. The molecule has 15 nitrogen and oxygen atoms in total. The molecule has 3 fully saturated rings. The van der Waals surface area contributed by atoms with Crippen LogP contribution in [0.3, 0.4) is 0 Å². The van der Waals surface area contributed by atoms with E-state index in [4.69, 9.17) is 9.72 Å². The van der Waals surface area contributed by atoms with Crippen molar-refractivity contribution >= 4 is 67.5 Å². The third-order valence-electron chi connectivity index (χ3n) is 13.5. The molecule has 5 N–H and O–H groups in total. The zero-order valence-electron chi connectivity index (χ0n) is 39.8. The predicted molar refractivity (Wildman–Crippen MR) is 268 cm³/mol. The molecule has 0 bridgehead atoms. The zero-order chi connectivity index (χ0) is 48.0. The Balaban J connectivity index is 0.777. The minimum absolute atomic E-state index is 0.0249. The van der Waals surface area contributed by atoms with E-state index < -0.39 is 29.7 Å². The Labute approximate surface area is 406 Å². The van der Waals surface area contributed by atoms with Crippen LogP contribution in [0, 0.1) is 25.2 Å². The van der Waals surface area contributed by atoms with Gasteiger partial charge in [-0.1, -0.05) is 68.9 Å². The van der Waals surface area contributed by atoms with Gasteiger partial charge in [-0.3, -0.25) is 29.6 Å². The fourth-order valence-corrected chi connectivity index (χ4v) is 11.2. The van der Waals surface area contributed by atoms with Crippen molar-refractivity contribution in [3.63, 3.8) is 0 Å². The summed E-state index contributed by atoms with van der Waals surface area (Å²) in [5, 5.41) is 24.0. The summed E-state index contributed by atoms with van der Waals surface area (Å²) >= 11 is 3.20. The summed E-state index contributed by atoms with van der Waals surface area (Å²) in [6.07, 6.45) is 8.75. The molecule has 3 atom stereocenters. The second-order valence-corrected chi connectivity index (χ2v) is 21.6. The lowest BCUT2D eigenvalue weighted by atomic mass is 9.85. The third-order valence-corrected chi connectivity index (χ3v) is 15.4. The van der Waals surface area contributed by atoms with E-state index in [1.165, 1.54) is 11.3 Å². The van der Waals surface area contributed by atoms with Crippen molar-refractivity contribution in [3.8, 4) is 21.6 Å². The number of pyridine rings is 1. The van der Waals surface area contributed by atoms with Crippen molar-refractivity contribution in [2.45, 2.75) is 123 Å². The highest BCUT2D eigenvalue weighted by molar-refractivity contribution is 7.22. The van der Waals surface area contributed by atoms with Crippen LogP contribution in [0.1, 0.15) is 95.5 Å². The minimum atomic E-state index is -0.881. The van der Waals surface area contributed by atoms with Crippen LogP contribution in [0.2, 0.25) is 0 Å². The fraction of sp³-hybridized carbons (Fsp3) is 0.510. The lowest BCUT2D eigenvalue weighted by molar-refractivity contribution is -0.144. The number of fused-ring (bicyclic) bond motifs is 1. The molecule has 1 aliphatic carbocycles. The van der Waals surface area contributed by atoms with Crippen LogP contribution in [0.15, 0.2) is 60.2 Å². The van der Waals surface area contributed by atoms with Crippen LogP contribution in [-0.4, -0.2) is 111 Å². The van der Waals surface area contributed by atoms with E-state index in [0.29, 0.717) is 11.6 Å². The largest absolute Gasteiger partial charge is 0.446 e. The highest BCUT2D eigenvalue weighted by Gasteiger charge is 2.44. The van der Waals surface area contributed by atoms with Crippen LogP contribution in [0.4, 0.5) is 15.6 Å². The lowest BCUT2D eigenvalue weighted by Crippen LogP contribution is -2.58. The Morgan fingerprint density at radius 2 is 1.66 bits per heavy atom. The standard InChI is InChI=1S/C51H65N9O6S2/c1-31-41(57-50(65)66-39-9-7-6-8-10-39)23-37(27-53-31)36-15-16-40-43(24-36)68-49(56-40)52-20-17-33-18-21-59(22-19-33)29-44(62)58-46(51(3,4)5)48(64)60-28-38(61)25-42(60)47(63)54-26-34-11-13-35(14-12-34)45-32(2)55-30-67-45/h11-16,23-24,27,30,33,38-39,42,46,61H,6-10,17-22,25-26,28-29H2,1-5H3,(H,52,56)(H,54,63)(H,57,65)(H,58,62)/t38-,42+,46-/m1/s1. The van der Waals surface area contributed by atoms with Gasteiger partial charge < -0.3 is 30.7 Å². The number of aliphatic hydroxyl groups excluding tert-OH is 1. The maximum absolute atomic E-state index is 14.2. The lowest BCUT2D eigenvalue weighted by Gasteiger charge is -2.36. The predicted octanol–water partition coefficient (Wildman–Crippen LogP) is 8.30. The highest BCUT2D eigenvalue weighted by atomic mass is 32.1. The number of carbonyl (C=O) groups excluding carboxylic acids is 4. The second kappa shape index (κ2) is 21.9. The van der Waals surface area contributed by atoms with E-state index in [9.17, 15) is 24.3 Å². The normalized spacial score (nSPS) is 18.9. The van der Waals surface area contributed by atoms with Gasteiger partial charge in [-0.2, -0.15) is 0 Å². The van der Waals surface area contributed by atoms with Crippen LogP contribution in [0.5, 0.6) is 0 Å². The Bertz CT molecular complexity index is 2560. The average Bonchev–Trinajstić information content (AvgIpc) is 4.06. The van der Waals surface area contributed by atoms with Gasteiger partial charge in [-0.15, -0.1) is 11.3 Å². The summed E-state index contributed by atoms with van der Waals surface area (Å²) in [6.45, 7) is 12.4. The number of ether oxygens (including phenoxy) is 1. The molecular formula is C51H65N9O6S2. The molecule has 2 aromatic carbocycles. The Kier molecular flexibility index (Phi) is 15.7. The van der Waals surface area contributed by atoms with Crippen molar-refractivity contribution < 1.29 is 29.0 Å². The maximum Gasteiger partial charge on any atom is 0.411 e. The quantitative estimate of drug-likeness (QED) is 0.0679. The molecular weight excluding hydrogens is 899 g/mol. The Morgan fingerprint density at radius 1 is 0.912 bits per heavy atom. The average molecular weight is 964 g/mol. The van der Waals surface area contributed by atoms with E-state index in [1.54, 1.807) is 22.7 Å². The molecule has 2 saturated heterocycles. The molecule has 362 valence electrons. The number of aliphatic hydroxyl groups is 1. The first-order chi connectivity index (χ1) is 32.7. The molecule has 3 aliphatic rings. The molecule has 5 aromatic rings. The van der Waals surface area contributed by atoms with Gasteiger partial charge in [-0.25, -0.2) is 14.8 Å². The van der Waals surface area contributed by atoms with Crippen molar-refractivity contribution in [1.82, 2.24) is 35.4 Å². The van der Waals surface area contributed by atoms with E-state index in [1.807, 2.05) is 88.8 Å². The van der Waals surface area contributed by atoms with Crippen LogP contribution in [-0.2, 0) is 25.7 Å².